The van der Waals surface area contributed by atoms with Gasteiger partial charge < -0.3 is 4.90 Å². The highest BCUT2D eigenvalue weighted by Gasteiger charge is 1.97. The van der Waals surface area contributed by atoms with Gasteiger partial charge in [0.25, 0.3) is 0 Å². The van der Waals surface area contributed by atoms with Crippen molar-refractivity contribution in [3.8, 4) is 0 Å². The minimum absolute atomic E-state index is 1.10. The van der Waals surface area contributed by atoms with Crippen LogP contribution >= 0.6 is 0 Å². The average Bonchev–Trinajstić information content (AvgIpc) is 2.47. The van der Waals surface area contributed by atoms with Gasteiger partial charge in [-0.15, -0.1) is 0 Å². The lowest BCUT2D eigenvalue weighted by molar-refractivity contribution is 1.24. The van der Waals surface area contributed by atoms with Gasteiger partial charge in [0.1, 0.15) is 0 Å². The molecule has 0 radical (unpaired) electrons. The van der Waals surface area contributed by atoms with Crippen molar-refractivity contribution in [2.45, 2.75) is 0 Å². The van der Waals surface area contributed by atoms with Crippen molar-refractivity contribution in [1.29, 1.82) is 0 Å². The molecule has 0 spiro atoms. The van der Waals surface area contributed by atoms with Crippen LogP contribution in [0, 0.1) is 0 Å². The molecular weight excluding hydrogens is 162 g/mol. The summed E-state index contributed by atoms with van der Waals surface area (Å²) in [5, 5.41) is 7.53. The fraction of sp³-hybridized carbons (Fsp3) is 0. The minimum atomic E-state index is 1.10. The van der Waals surface area contributed by atoms with E-state index in [0.29, 0.717) is 0 Å². The van der Waals surface area contributed by atoms with Crippen LogP contribution in [0.2, 0.25) is 0 Å². The van der Waals surface area contributed by atoms with E-state index in [1.165, 1.54) is 0 Å². The van der Waals surface area contributed by atoms with Crippen LogP contribution in [0.25, 0.3) is 0 Å². The first-order chi connectivity index (χ1) is 6.47. The van der Waals surface area contributed by atoms with E-state index in [1.54, 1.807) is 12.4 Å². The van der Waals surface area contributed by atoms with E-state index < -0.39 is 0 Å². The first kappa shape index (κ1) is 7.73. The smallest absolute Gasteiger partial charge is 0.0661 e. The highest BCUT2D eigenvalue weighted by atomic mass is 15.2. The molecule has 0 fully saturated rings. The zero-order chi connectivity index (χ0) is 8.93. The first-order valence-electron chi connectivity index (χ1n) is 4.03. The molecule has 0 aliphatic carbocycles. The molecule has 64 valence electrons. The summed E-state index contributed by atoms with van der Waals surface area (Å²) in [5.41, 5.74) is 1.10. The fourth-order valence-corrected chi connectivity index (χ4v) is 1.10. The summed E-state index contributed by atoms with van der Waals surface area (Å²) in [6.45, 7) is 0. The Morgan fingerprint density at radius 1 is 0.846 bits per heavy atom. The third kappa shape index (κ3) is 1.82. The molecule has 0 atom stereocenters. The monoisotopic (exact) mass is 171 g/mol. The van der Waals surface area contributed by atoms with Gasteiger partial charge in [-0.3, -0.25) is 0 Å². The highest BCUT2D eigenvalue weighted by molar-refractivity contribution is 5.51. The standard InChI is InChI=1S/C10H9N3/c1-2-4-10(5-3-1)13-8-6-11-12-7-9-13/h1-9H. The Bertz CT molecular complexity index is 336. The Hall–Kier alpha value is -1.90. The van der Waals surface area contributed by atoms with Gasteiger partial charge in [0.2, 0.25) is 0 Å². The van der Waals surface area contributed by atoms with Gasteiger partial charge in [-0.2, -0.15) is 10.2 Å². The van der Waals surface area contributed by atoms with Crippen LogP contribution in [-0.2, 0) is 0 Å². The summed E-state index contributed by atoms with van der Waals surface area (Å²) < 4.78 is 0. The lowest BCUT2D eigenvalue weighted by atomic mass is 10.3. The van der Waals surface area contributed by atoms with Gasteiger partial charge in [0.15, 0.2) is 0 Å². The molecule has 2 rings (SSSR count). The molecule has 3 nitrogen and oxygen atoms in total. The molecule has 1 aromatic carbocycles. The maximum atomic E-state index is 3.76. The normalized spacial score (nSPS) is 14.6. The summed E-state index contributed by atoms with van der Waals surface area (Å²) >= 11 is 0. The summed E-state index contributed by atoms with van der Waals surface area (Å²) in [6.07, 6.45) is 7.05. The number of anilines is 1. The maximum Gasteiger partial charge on any atom is 0.0661 e. The van der Waals surface area contributed by atoms with E-state index in [-0.39, 0.29) is 0 Å². The third-order valence-electron chi connectivity index (χ3n) is 1.71. The Morgan fingerprint density at radius 3 is 2.08 bits per heavy atom. The molecule has 1 aromatic rings. The van der Waals surface area contributed by atoms with Gasteiger partial charge in [0, 0.05) is 18.1 Å². The largest absolute Gasteiger partial charge is 0.321 e. The Kier molecular flexibility index (Phi) is 2.18. The molecule has 13 heavy (non-hydrogen) atoms. The molecule has 0 aromatic heterocycles. The number of nitrogens with zero attached hydrogens (tertiary/aromatic N) is 3. The fourth-order valence-electron chi connectivity index (χ4n) is 1.10. The predicted molar refractivity (Wildman–Crippen MR) is 52.1 cm³/mol. The van der Waals surface area contributed by atoms with Gasteiger partial charge >= 0.3 is 0 Å². The molecule has 0 saturated heterocycles. The summed E-state index contributed by atoms with van der Waals surface area (Å²) in [5.74, 6) is 0. The van der Waals surface area contributed by atoms with Crippen LogP contribution in [0.1, 0.15) is 0 Å². The van der Waals surface area contributed by atoms with Crippen LogP contribution in [0.5, 0.6) is 0 Å². The lowest BCUT2D eigenvalue weighted by Gasteiger charge is -2.13. The topological polar surface area (TPSA) is 28.0 Å². The third-order valence-corrected chi connectivity index (χ3v) is 1.71. The number of rotatable bonds is 1. The van der Waals surface area contributed by atoms with Crippen molar-refractivity contribution in [3.05, 3.63) is 55.1 Å². The van der Waals surface area contributed by atoms with Crippen molar-refractivity contribution < 1.29 is 0 Å². The molecule has 0 bridgehead atoms. The zero-order valence-electron chi connectivity index (χ0n) is 7.04. The zero-order valence-corrected chi connectivity index (χ0v) is 7.04. The summed E-state index contributed by atoms with van der Waals surface area (Å²) in [6, 6.07) is 10.0. The van der Waals surface area contributed by atoms with E-state index in [4.69, 9.17) is 0 Å². The van der Waals surface area contributed by atoms with Crippen LogP contribution in [0.15, 0.2) is 65.4 Å². The molecule has 1 aliphatic rings. The number of para-hydroxylation sites is 1. The van der Waals surface area contributed by atoms with Crippen LogP contribution in [0.4, 0.5) is 5.69 Å². The number of benzene rings is 1. The van der Waals surface area contributed by atoms with E-state index in [2.05, 4.69) is 10.2 Å². The molecular formula is C10H9N3. The molecule has 0 N–H and O–H groups in total. The molecule has 0 saturated carbocycles. The first-order valence-corrected chi connectivity index (χ1v) is 4.03. The summed E-state index contributed by atoms with van der Waals surface area (Å²) in [7, 11) is 0. The van der Waals surface area contributed by atoms with Crippen molar-refractivity contribution in [2.24, 2.45) is 10.2 Å². The van der Waals surface area contributed by atoms with E-state index in [0.717, 1.165) is 5.69 Å². The second-order valence-electron chi connectivity index (χ2n) is 2.57. The van der Waals surface area contributed by atoms with Crippen molar-refractivity contribution in [2.75, 3.05) is 4.90 Å². The molecule has 1 aliphatic heterocycles. The molecule has 0 unspecified atom stereocenters. The van der Waals surface area contributed by atoms with Crippen LogP contribution < -0.4 is 4.90 Å². The van der Waals surface area contributed by atoms with Gasteiger partial charge in [-0.05, 0) is 12.1 Å². The second-order valence-corrected chi connectivity index (χ2v) is 2.57. The Balaban J connectivity index is 2.27. The van der Waals surface area contributed by atoms with Gasteiger partial charge in [-0.25, -0.2) is 0 Å². The summed E-state index contributed by atoms with van der Waals surface area (Å²) in [4.78, 5) is 1.96. The average molecular weight is 171 g/mol. The van der Waals surface area contributed by atoms with E-state index in [9.17, 15) is 0 Å². The van der Waals surface area contributed by atoms with Crippen molar-refractivity contribution in [3.63, 3.8) is 0 Å². The van der Waals surface area contributed by atoms with E-state index in [1.807, 2.05) is 47.6 Å². The molecule has 0 amide bonds. The van der Waals surface area contributed by atoms with Crippen LogP contribution in [0.3, 0.4) is 0 Å². The van der Waals surface area contributed by atoms with Gasteiger partial charge in [-0.1, -0.05) is 18.2 Å². The van der Waals surface area contributed by atoms with E-state index >= 15 is 0 Å². The Morgan fingerprint density at radius 2 is 1.46 bits per heavy atom. The lowest BCUT2D eigenvalue weighted by Crippen LogP contribution is -2.05. The predicted octanol–water partition coefficient (Wildman–Crippen LogP) is 2.90. The highest BCUT2D eigenvalue weighted by Crippen LogP contribution is 2.15. The van der Waals surface area contributed by atoms with Crippen LogP contribution in [-0.4, -0.2) is 0 Å². The minimum Gasteiger partial charge on any atom is -0.321 e. The van der Waals surface area contributed by atoms with Gasteiger partial charge in [0.05, 0.1) is 12.4 Å². The molecule has 3 heteroatoms. The molecule has 1 heterocycles. The maximum absolute atomic E-state index is 3.76. The van der Waals surface area contributed by atoms with Crippen molar-refractivity contribution >= 4 is 5.69 Å². The number of azo groups is 1. The number of hydrogen-bond acceptors (Lipinski definition) is 3. The number of hydrogen-bond donors (Lipinski definition) is 0. The second kappa shape index (κ2) is 3.67. The Labute approximate surface area is 76.7 Å². The quantitative estimate of drug-likeness (QED) is 0.638. The SMILES string of the molecule is C1=CN(c2ccccc2)C=CN=N1. The van der Waals surface area contributed by atoms with Crippen molar-refractivity contribution in [1.82, 2.24) is 0 Å².